The number of carboxylic acids is 1. The molecule has 0 fully saturated rings. The summed E-state index contributed by atoms with van der Waals surface area (Å²) >= 11 is 1.97. The smallest absolute Gasteiger partial charge is 0.545 e. The quantitative estimate of drug-likeness (QED) is 0.347. The Morgan fingerprint density at radius 3 is 2.50 bits per heavy atom. The number of nitrogen functional groups attached to an aromatic ring is 1. The van der Waals surface area contributed by atoms with E-state index in [1.165, 1.54) is 6.07 Å². The number of hydrogen-bond donors (Lipinski definition) is 1. The molecule has 58 valence electrons. The van der Waals surface area contributed by atoms with Gasteiger partial charge in [-0.1, -0.05) is 12.1 Å². The fourth-order valence-electron chi connectivity index (χ4n) is 0.715. The van der Waals surface area contributed by atoms with E-state index in [1.54, 1.807) is 12.1 Å². The summed E-state index contributed by atoms with van der Waals surface area (Å²) in [5.74, 6) is -1.24. The second-order valence-electron chi connectivity index (χ2n) is 1.99. The summed E-state index contributed by atoms with van der Waals surface area (Å²) in [6, 6.07) is 4.79. The second kappa shape index (κ2) is 5.56. The predicted octanol–water partition coefficient (Wildman–Crippen LogP) is -2.76. The first-order chi connectivity index (χ1) is 5.13. The van der Waals surface area contributed by atoms with Gasteiger partial charge in [-0.3, -0.25) is 0 Å². The van der Waals surface area contributed by atoms with Gasteiger partial charge >= 0.3 is 51.4 Å². The fourth-order valence-corrected chi connectivity index (χ4v) is 1.21. The molecule has 0 atom stereocenters. The Balaban J connectivity index is 0.00000121. The van der Waals surface area contributed by atoms with Crippen LogP contribution in [0.15, 0.2) is 18.2 Å². The summed E-state index contributed by atoms with van der Waals surface area (Å²) in [5.41, 5.74) is 5.78. The van der Waals surface area contributed by atoms with Crippen molar-refractivity contribution in [2.75, 3.05) is 5.73 Å². The van der Waals surface area contributed by atoms with Crippen molar-refractivity contribution in [3.63, 3.8) is 0 Å². The average molecular weight is 301 g/mol. The summed E-state index contributed by atoms with van der Waals surface area (Å²) in [7, 11) is 0. The number of carbonyl (C=O) groups is 1. The molecule has 0 saturated carbocycles. The summed E-state index contributed by atoms with van der Waals surface area (Å²) in [6.45, 7) is 0. The first-order valence-electron chi connectivity index (χ1n) is 2.88. The van der Waals surface area contributed by atoms with Crippen molar-refractivity contribution in [3.8, 4) is 0 Å². The maximum Gasteiger partial charge on any atom is 1.00 e. The van der Waals surface area contributed by atoms with Gasteiger partial charge in [-0.05, 0) is 28.7 Å². The van der Waals surface area contributed by atoms with Gasteiger partial charge in [0, 0.05) is 9.13 Å². The molecule has 0 aliphatic heterocycles. The molecule has 0 spiro atoms. The molecule has 0 aromatic heterocycles. The van der Waals surface area contributed by atoms with Gasteiger partial charge in [-0.25, -0.2) is 0 Å². The van der Waals surface area contributed by atoms with Crippen molar-refractivity contribution in [2.45, 2.75) is 0 Å². The molecule has 1 rings (SSSR count). The standard InChI is InChI=1S/C7H6INO2.K/c8-5-3-1-2-4(6(5)9)7(10)11;/h1-3H,9H2,(H,10,11);/q;+1/p-1. The third-order valence-electron chi connectivity index (χ3n) is 1.27. The molecule has 0 aliphatic carbocycles. The Labute approximate surface area is 126 Å². The number of hydrogen-bond acceptors (Lipinski definition) is 3. The predicted molar refractivity (Wildman–Crippen MR) is 47.9 cm³/mol. The number of carbonyl (C=O) groups excluding carboxylic acids is 1. The van der Waals surface area contributed by atoms with Gasteiger partial charge in [0.05, 0.1) is 11.7 Å². The zero-order valence-corrected chi connectivity index (χ0v) is 11.8. The molecule has 2 N–H and O–H groups in total. The van der Waals surface area contributed by atoms with E-state index < -0.39 is 5.97 Å². The number of benzene rings is 1. The normalized spacial score (nSPS) is 8.75. The van der Waals surface area contributed by atoms with Crippen LogP contribution in [0.2, 0.25) is 0 Å². The SMILES string of the molecule is Nc1c(I)cccc1C(=O)[O-].[K+]. The van der Waals surface area contributed by atoms with E-state index in [2.05, 4.69) is 0 Å². The van der Waals surface area contributed by atoms with E-state index in [0.29, 0.717) is 0 Å². The molecule has 0 heterocycles. The number of nitrogens with two attached hydrogens (primary N) is 1. The zero-order valence-electron chi connectivity index (χ0n) is 6.50. The molecule has 1 aromatic rings. The van der Waals surface area contributed by atoms with E-state index in [4.69, 9.17) is 5.73 Å². The van der Waals surface area contributed by atoms with Crippen LogP contribution in [0.5, 0.6) is 0 Å². The minimum atomic E-state index is -1.24. The number of para-hydroxylation sites is 1. The van der Waals surface area contributed by atoms with Crippen LogP contribution in [0.4, 0.5) is 5.69 Å². The maximum atomic E-state index is 10.4. The minimum absolute atomic E-state index is 0. The van der Waals surface area contributed by atoms with Crippen LogP contribution < -0.4 is 62.2 Å². The van der Waals surface area contributed by atoms with E-state index in [9.17, 15) is 9.90 Å². The Kier molecular flexibility index (Phi) is 5.95. The minimum Gasteiger partial charge on any atom is -0.545 e. The van der Waals surface area contributed by atoms with E-state index in [0.717, 1.165) is 3.57 Å². The third kappa shape index (κ3) is 2.97. The van der Waals surface area contributed by atoms with Crippen LogP contribution in [-0.2, 0) is 0 Å². The van der Waals surface area contributed by atoms with Crippen molar-refractivity contribution in [1.82, 2.24) is 0 Å². The van der Waals surface area contributed by atoms with Gasteiger partial charge in [0.25, 0.3) is 0 Å². The molecule has 0 amide bonds. The monoisotopic (exact) mass is 301 g/mol. The summed E-state index contributed by atoms with van der Waals surface area (Å²) < 4.78 is 0.726. The topological polar surface area (TPSA) is 66.2 Å². The van der Waals surface area contributed by atoms with Crippen molar-refractivity contribution >= 4 is 34.2 Å². The van der Waals surface area contributed by atoms with Gasteiger partial charge in [0.2, 0.25) is 0 Å². The Morgan fingerprint density at radius 2 is 2.08 bits per heavy atom. The van der Waals surface area contributed by atoms with Crippen LogP contribution in [0, 0.1) is 3.57 Å². The number of anilines is 1. The van der Waals surface area contributed by atoms with Crippen molar-refractivity contribution < 1.29 is 61.3 Å². The van der Waals surface area contributed by atoms with Crippen LogP contribution >= 0.6 is 22.6 Å². The molecule has 0 radical (unpaired) electrons. The van der Waals surface area contributed by atoms with Crippen molar-refractivity contribution in [2.24, 2.45) is 0 Å². The van der Waals surface area contributed by atoms with E-state index >= 15 is 0 Å². The largest absolute Gasteiger partial charge is 1.00 e. The van der Waals surface area contributed by atoms with Crippen LogP contribution in [0.25, 0.3) is 0 Å². The summed E-state index contributed by atoms with van der Waals surface area (Å²) in [5, 5.41) is 10.4. The Morgan fingerprint density at radius 1 is 1.50 bits per heavy atom. The van der Waals surface area contributed by atoms with Gasteiger partial charge in [0.15, 0.2) is 0 Å². The van der Waals surface area contributed by atoms with E-state index in [1.807, 2.05) is 22.6 Å². The first kappa shape index (κ1) is 12.9. The molecule has 1 aromatic carbocycles. The molecule has 12 heavy (non-hydrogen) atoms. The molecular formula is C7H5IKNO2. The second-order valence-corrected chi connectivity index (χ2v) is 3.15. The van der Waals surface area contributed by atoms with Gasteiger partial charge in [-0.15, -0.1) is 0 Å². The van der Waals surface area contributed by atoms with Gasteiger partial charge < -0.3 is 15.6 Å². The molecule has 0 aliphatic rings. The van der Waals surface area contributed by atoms with Gasteiger partial charge in [-0.2, -0.15) is 0 Å². The van der Waals surface area contributed by atoms with E-state index in [-0.39, 0.29) is 62.6 Å². The van der Waals surface area contributed by atoms with Crippen LogP contribution in [0.1, 0.15) is 10.4 Å². The van der Waals surface area contributed by atoms with Crippen molar-refractivity contribution in [3.05, 3.63) is 27.3 Å². The number of halogens is 1. The molecule has 0 bridgehead atoms. The molecular weight excluding hydrogens is 296 g/mol. The molecule has 5 heteroatoms. The molecule has 3 nitrogen and oxygen atoms in total. The zero-order chi connectivity index (χ0) is 8.43. The fraction of sp³-hybridized carbons (Fsp3) is 0. The number of rotatable bonds is 1. The summed E-state index contributed by atoms with van der Waals surface area (Å²) in [4.78, 5) is 10.4. The molecule has 0 unspecified atom stereocenters. The average Bonchev–Trinajstić information content (AvgIpc) is 1.94. The first-order valence-corrected chi connectivity index (χ1v) is 3.96. The third-order valence-corrected chi connectivity index (χ3v) is 2.21. The Bertz CT molecular complexity index is 303. The number of carboxylic acid groups (broad SMARTS) is 1. The Hall–Kier alpha value is 0.856. The van der Waals surface area contributed by atoms with Gasteiger partial charge in [0.1, 0.15) is 0 Å². The summed E-state index contributed by atoms with van der Waals surface area (Å²) in [6.07, 6.45) is 0. The molecule has 0 saturated heterocycles. The van der Waals surface area contributed by atoms with Crippen molar-refractivity contribution in [1.29, 1.82) is 0 Å². The van der Waals surface area contributed by atoms with Crippen LogP contribution in [-0.4, -0.2) is 5.97 Å². The maximum absolute atomic E-state index is 10.4. The number of aromatic carboxylic acids is 1. The van der Waals surface area contributed by atoms with Crippen LogP contribution in [0.3, 0.4) is 0 Å².